The van der Waals surface area contributed by atoms with E-state index in [1.807, 2.05) is 13.8 Å². The topological polar surface area (TPSA) is 67.2 Å². The highest BCUT2D eigenvalue weighted by Gasteiger charge is 2.10. The average molecular weight is 277 g/mol. The van der Waals surface area contributed by atoms with Crippen LogP contribution in [0.4, 0.5) is 4.39 Å². The average Bonchev–Trinajstić information content (AvgIpc) is 2.37. The van der Waals surface area contributed by atoms with Gasteiger partial charge in [-0.15, -0.1) is 0 Å². The van der Waals surface area contributed by atoms with Gasteiger partial charge >= 0.3 is 0 Å². The first-order chi connectivity index (χ1) is 9.47. The van der Waals surface area contributed by atoms with Gasteiger partial charge in [0.15, 0.2) is 0 Å². The normalized spacial score (nSPS) is 11.0. The van der Waals surface area contributed by atoms with Crippen LogP contribution in [0, 0.1) is 5.82 Å². The second-order valence-corrected chi connectivity index (χ2v) is 4.74. The molecule has 2 N–H and O–H groups in total. The summed E-state index contributed by atoms with van der Waals surface area (Å²) >= 11 is 0. The number of benzene rings is 1. The van der Waals surface area contributed by atoms with E-state index < -0.39 is 11.4 Å². The molecule has 2 aromatic rings. The Kier molecular flexibility index (Phi) is 4.14. The van der Waals surface area contributed by atoms with Crippen LogP contribution in [0.3, 0.4) is 0 Å². The summed E-state index contributed by atoms with van der Waals surface area (Å²) in [5.41, 5.74) is 0.143. The van der Waals surface area contributed by atoms with Gasteiger partial charge in [-0.1, -0.05) is 19.9 Å². The number of hydrogen-bond donors (Lipinski definition) is 2. The highest BCUT2D eigenvalue weighted by Crippen LogP contribution is 2.13. The molecule has 20 heavy (non-hydrogen) atoms. The lowest BCUT2D eigenvalue weighted by molar-refractivity contribution is 0.447. The van der Waals surface area contributed by atoms with E-state index in [0.717, 1.165) is 10.7 Å². The molecule has 0 amide bonds. The molecule has 6 heteroatoms. The highest BCUT2D eigenvalue weighted by molar-refractivity contribution is 5.33. The van der Waals surface area contributed by atoms with Gasteiger partial charge < -0.3 is 10.4 Å². The molecule has 0 aliphatic rings. The van der Waals surface area contributed by atoms with E-state index >= 15 is 0 Å². The lowest BCUT2D eigenvalue weighted by atomic mass is 10.3. The second-order valence-electron chi connectivity index (χ2n) is 4.74. The molecule has 1 heterocycles. The number of nitrogens with zero attached hydrogens (tertiary/aromatic N) is 2. The SMILES string of the molecule is CC(C)NCc1nn(-c2cccc(F)c2)c(=O)cc1O. The summed E-state index contributed by atoms with van der Waals surface area (Å²) in [7, 11) is 0. The van der Waals surface area contributed by atoms with Crippen molar-refractivity contribution in [3.63, 3.8) is 0 Å². The predicted molar refractivity (Wildman–Crippen MR) is 73.4 cm³/mol. The van der Waals surface area contributed by atoms with Crippen LogP contribution in [0.25, 0.3) is 5.69 Å². The van der Waals surface area contributed by atoms with Gasteiger partial charge in [0.2, 0.25) is 0 Å². The van der Waals surface area contributed by atoms with Gasteiger partial charge in [0.1, 0.15) is 17.3 Å². The molecule has 0 unspecified atom stereocenters. The van der Waals surface area contributed by atoms with E-state index in [9.17, 15) is 14.3 Å². The van der Waals surface area contributed by atoms with Crippen LogP contribution in [-0.4, -0.2) is 20.9 Å². The second kappa shape index (κ2) is 5.83. The molecule has 0 bridgehead atoms. The van der Waals surface area contributed by atoms with E-state index in [4.69, 9.17) is 0 Å². The summed E-state index contributed by atoms with van der Waals surface area (Å²) < 4.78 is 14.3. The third kappa shape index (κ3) is 3.21. The molecule has 0 aliphatic heterocycles. The fraction of sp³-hybridized carbons (Fsp3) is 0.286. The molecule has 5 nitrogen and oxygen atoms in total. The van der Waals surface area contributed by atoms with Crippen molar-refractivity contribution in [2.75, 3.05) is 0 Å². The zero-order valence-electron chi connectivity index (χ0n) is 11.3. The Balaban J connectivity index is 2.43. The minimum absolute atomic E-state index is 0.171. The summed E-state index contributed by atoms with van der Waals surface area (Å²) in [6.07, 6.45) is 0. The van der Waals surface area contributed by atoms with Crippen LogP contribution in [-0.2, 0) is 6.54 Å². The number of aromatic hydroxyl groups is 1. The first-order valence-electron chi connectivity index (χ1n) is 6.29. The maximum absolute atomic E-state index is 13.2. The standard InChI is InChI=1S/C14H16FN3O2/c1-9(2)16-8-12-13(19)7-14(20)18(17-12)11-5-3-4-10(15)6-11/h3-7,9,16,19H,8H2,1-2H3. The van der Waals surface area contributed by atoms with Gasteiger partial charge in [-0.2, -0.15) is 9.78 Å². The molecule has 0 radical (unpaired) electrons. The Labute approximate surface area is 115 Å². The predicted octanol–water partition coefficient (Wildman–Crippen LogP) is 1.58. The Morgan fingerprint density at radius 1 is 1.40 bits per heavy atom. The largest absolute Gasteiger partial charge is 0.506 e. The number of rotatable bonds is 4. The summed E-state index contributed by atoms with van der Waals surface area (Å²) in [6.45, 7) is 4.23. The maximum atomic E-state index is 13.2. The Bertz CT molecular complexity index is 668. The van der Waals surface area contributed by atoms with Gasteiger partial charge in [0.05, 0.1) is 5.69 Å². The lowest BCUT2D eigenvalue weighted by Gasteiger charge is -2.11. The third-order valence-electron chi connectivity index (χ3n) is 2.72. The number of nitrogens with one attached hydrogen (secondary N) is 1. The molecule has 0 atom stereocenters. The fourth-order valence-corrected chi connectivity index (χ4v) is 1.70. The number of aromatic nitrogens is 2. The van der Waals surface area contributed by atoms with E-state index in [-0.39, 0.29) is 11.8 Å². The Morgan fingerprint density at radius 2 is 2.15 bits per heavy atom. The van der Waals surface area contributed by atoms with E-state index in [2.05, 4.69) is 10.4 Å². The van der Waals surface area contributed by atoms with Crippen molar-refractivity contribution in [2.24, 2.45) is 0 Å². The van der Waals surface area contributed by atoms with Crippen molar-refractivity contribution in [1.82, 2.24) is 15.1 Å². The van der Waals surface area contributed by atoms with E-state index in [0.29, 0.717) is 17.9 Å². The van der Waals surface area contributed by atoms with Crippen LogP contribution in [0.5, 0.6) is 5.75 Å². The first-order valence-corrected chi connectivity index (χ1v) is 6.29. The summed E-state index contributed by atoms with van der Waals surface area (Å²) in [6, 6.07) is 6.87. The molecule has 0 spiro atoms. The minimum Gasteiger partial charge on any atom is -0.506 e. The number of hydrogen-bond acceptors (Lipinski definition) is 4. The smallest absolute Gasteiger partial charge is 0.275 e. The van der Waals surface area contributed by atoms with Crippen molar-refractivity contribution in [2.45, 2.75) is 26.4 Å². The van der Waals surface area contributed by atoms with E-state index in [1.165, 1.54) is 18.2 Å². The molecule has 0 fully saturated rings. The van der Waals surface area contributed by atoms with Crippen LogP contribution in [0.1, 0.15) is 19.5 Å². The van der Waals surface area contributed by atoms with Crippen molar-refractivity contribution in [3.05, 3.63) is 52.2 Å². The fourth-order valence-electron chi connectivity index (χ4n) is 1.70. The molecule has 0 saturated heterocycles. The van der Waals surface area contributed by atoms with Gasteiger partial charge in [-0.3, -0.25) is 4.79 Å². The molecule has 1 aromatic carbocycles. The van der Waals surface area contributed by atoms with Gasteiger partial charge in [0, 0.05) is 18.7 Å². The lowest BCUT2D eigenvalue weighted by Crippen LogP contribution is -2.26. The molecule has 0 saturated carbocycles. The van der Waals surface area contributed by atoms with Crippen molar-refractivity contribution >= 4 is 0 Å². The quantitative estimate of drug-likeness (QED) is 0.890. The Hall–Kier alpha value is -2.21. The van der Waals surface area contributed by atoms with Crippen molar-refractivity contribution in [1.29, 1.82) is 0 Å². The Morgan fingerprint density at radius 3 is 2.80 bits per heavy atom. The summed E-state index contributed by atoms with van der Waals surface area (Å²) in [4.78, 5) is 11.8. The molecular formula is C14H16FN3O2. The molecular weight excluding hydrogens is 261 g/mol. The highest BCUT2D eigenvalue weighted by atomic mass is 19.1. The van der Waals surface area contributed by atoms with Crippen LogP contribution >= 0.6 is 0 Å². The van der Waals surface area contributed by atoms with Gasteiger partial charge in [-0.05, 0) is 18.2 Å². The van der Waals surface area contributed by atoms with Crippen LogP contribution < -0.4 is 10.9 Å². The number of halogens is 1. The summed E-state index contributed by atoms with van der Waals surface area (Å²) in [5, 5.41) is 16.9. The van der Waals surface area contributed by atoms with Crippen LogP contribution in [0.15, 0.2) is 35.1 Å². The van der Waals surface area contributed by atoms with Gasteiger partial charge in [0.25, 0.3) is 5.56 Å². The van der Waals surface area contributed by atoms with Crippen LogP contribution in [0.2, 0.25) is 0 Å². The van der Waals surface area contributed by atoms with E-state index in [1.54, 1.807) is 6.07 Å². The molecule has 1 aromatic heterocycles. The molecule has 106 valence electrons. The van der Waals surface area contributed by atoms with Gasteiger partial charge in [-0.25, -0.2) is 4.39 Å². The van der Waals surface area contributed by atoms with Crippen molar-refractivity contribution < 1.29 is 9.50 Å². The molecule has 0 aliphatic carbocycles. The summed E-state index contributed by atoms with van der Waals surface area (Å²) in [5.74, 6) is -0.623. The first kappa shape index (κ1) is 14.2. The minimum atomic E-state index is -0.513. The zero-order valence-corrected chi connectivity index (χ0v) is 11.3. The zero-order chi connectivity index (χ0) is 14.7. The molecule has 2 rings (SSSR count). The monoisotopic (exact) mass is 277 g/mol. The third-order valence-corrected chi connectivity index (χ3v) is 2.72. The van der Waals surface area contributed by atoms with Crippen molar-refractivity contribution in [3.8, 4) is 11.4 Å². The maximum Gasteiger partial charge on any atom is 0.275 e.